The highest BCUT2D eigenvalue weighted by atomic mass is 16.4. The second-order valence-corrected chi connectivity index (χ2v) is 3.46. The zero-order valence-electron chi connectivity index (χ0n) is 9.58. The first-order chi connectivity index (χ1) is 6.40. The maximum Gasteiger partial charge on any atom is 0.303 e. The van der Waals surface area contributed by atoms with Crippen LogP contribution < -0.4 is 0 Å². The van der Waals surface area contributed by atoms with Gasteiger partial charge in [-0.2, -0.15) is 0 Å². The van der Waals surface area contributed by atoms with Gasteiger partial charge < -0.3 is 10.2 Å². The van der Waals surface area contributed by atoms with Crippen molar-refractivity contribution in [3.05, 3.63) is 11.6 Å². The van der Waals surface area contributed by atoms with Crippen molar-refractivity contribution >= 4 is 5.97 Å². The van der Waals surface area contributed by atoms with E-state index in [2.05, 4.69) is 19.9 Å². The summed E-state index contributed by atoms with van der Waals surface area (Å²) in [5.74, 6) is -0.745. The summed E-state index contributed by atoms with van der Waals surface area (Å²) >= 11 is 0. The predicted molar refractivity (Wildman–Crippen MR) is 58.3 cm³/mol. The van der Waals surface area contributed by atoms with E-state index >= 15 is 0 Å². The molecule has 1 atom stereocenters. The standard InChI is InChI=1S/C8H16O.C3H6O2/c1-7(2)5-4-6-8(3)9;1-2-3(4)5/h5,8-9H,4,6H2,1-3H3;2H2,1H3,(H,4,5). The second kappa shape index (κ2) is 10.3. The van der Waals surface area contributed by atoms with Crippen molar-refractivity contribution in [1.82, 2.24) is 0 Å². The molecule has 2 N–H and O–H groups in total. The van der Waals surface area contributed by atoms with Gasteiger partial charge >= 0.3 is 5.97 Å². The van der Waals surface area contributed by atoms with Gasteiger partial charge in [0.2, 0.25) is 0 Å². The normalized spacial score (nSPS) is 10.9. The van der Waals surface area contributed by atoms with Gasteiger partial charge in [0, 0.05) is 6.42 Å². The molecule has 3 nitrogen and oxygen atoms in total. The molecule has 14 heavy (non-hydrogen) atoms. The molecule has 0 aliphatic carbocycles. The Morgan fingerprint density at radius 1 is 1.43 bits per heavy atom. The number of rotatable bonds is 4. The van der Waals surface area contributed by atoms with Crippen molar-refractivity contribution in [3.8, 4) is 0 Å². The molecule has 0 amide bonds. The number of hydrogen-bond donors (Lipinski definition) is 2. The quantitative estimate of drug-likeness (QED) is 0.689. The Morgan fingerprint density at radius 3 is 2.07 bits per heavy atom. The monoisotopic (exact) mass is 202 g/mol. The summed E-state index contributed by atoms with van der Waals surface area (Å²) in [5.41, 5.74) is 1.33. The Hall–Kier alpha value is -0.830. The molecule has 0 saturated heterocycles. The van der Waals surface area contributed by atoms with Crippen molar-refractivity contribution in [2.75, 3.05) is 0 Å². The smallest absolute Gasteiger partial charge is 0.303 e. The molecule has 0 aliphatic heterocycles. The van der Waals surface area contributed by atoms with Crippen LogP contribution in [0.2, 0.25) is 0 Å². The molecule has 1 unspecified atom stereocenters. The van der Waals surface area contributed by atoms with E-state index in [4.69, 9.17) is 10.2 Å². The van der Waals surface area contributed by atoms with E-state index in [1.54, 1.807) is 6.92 Å². The largest absolute Gasteiger partial charge is 0.481 e. The maximum absolute atomic E-state index is 9.37. The SMILES string of the molecule is CC(C)=CCCC(C)O.CCC(=O)O. The summed E-state index contributed by atoms with van der Waals surface area (Å²) in [6.07, 6.45) is 4.10. The van der Waals surface area contributed by atoms with E-state index in [0.717, 1.165) is 12.8 Å². The number of aliphatic carboxylic acids is 1. The average molecular weight is 202 g/mol. The topological polar surface area (TPSA) is 57.5 Å². The van der Waals surface area contributed by atoms with Crippen LogP contribution in [0.1, 0.15) is 47.0 Å². The molecular formula is C11H22O3. The average Bonchev–Trinajstić information content (AvgIpc) is 2.04. The van der Waals surface area contributed by atoms with Crippen molar-refractivity contribution in [2.45, 2.75) is 53.1 Å². The van der Waals surface area contributed by atoms with Crippen molar-refractivity contribution in [2.24, 2.45) is 0 Å². The third kappa shape index (κ3) is 22.5. The molecule has 0 aliphatic rings. The highest BCUT2D eigenvalue weighted by Gasteiger charge is 1.90. The van der Waals surface area contributed by atoms with Crippen molar-refractivity contribution < 1.29 is 15.0 Å². The lowest BCUT2D eigenvalue weighted by molar-refractivity contribution is -0.136. The van der Waals surface area contributed by atoms with Gasteiger partial charge in [0.05, 0.1) is 6.10 Å². The first kappa shape index (κ1) is 15.6. The fourth-order valence-corrected chi connectivity index (χ4v) is 0.613. The van der Waals surface area contributed by atoms with Crippen molar-refractivity contribution in [1.29, 1.82) is 0 Å². The van der Waals surface area contributed by atoms with Gasteiger partial charge in [-0.05, 0) is 33.6 Å². The summed E-state index contributed by atoms with van der Waals surface area (Å²) < 4.78 is 0. The third-order valence-corrected chi connectivity index (χ3v) is 1.44. The molecule has 0 spiro atoms. The maximum atomic E-state index is 9.37. The van der Waals surface area contributed by atoms with Crippen LogP contribution in [0.25, 0.3) is 0 Å². The van der Waals surface area contributed by atoms with Crippen LogP contribution in [-0.4, -0.2) is 22.3 Å². The number of carboxylic acids is 1. The van der Waals surface area contributed by atoms with Gasteiger partial charge in [0.1, 0.15) is 0 Å². The third-order valence-electron chi connectivity index (χ3n) is 1.44. The van der Waals surface area contributed by atoms with Crippen LogP contribution in [-0.2, 0) is 4.79 Å². The van der Waals surface area contributed by atoms with E-state index in [1.165, 1.54) is 5.57 Å². The lowest BCUT2D eigenvalue weighted by atomic mass is 10.2. The minimum absolute atomic E-state index is 0.152. The minimum Gasteiger partial charge on any atom is -0.481 e. The van der Waals surface area contributed by atoms with E-state index in [1.807, 2.05) is 6.92 Å². The molecule has 0 radical (unpaired) electrons. The van der Waals surface area contributed by atoms with Gasteiger partial charge in [0.15, 0.2) is 0 Å². The molecule has 84 valence electrons. The summed E-state index contributed by atoms with van der Waals surface area (Å²) in [6, 6.07) is 0. The summed E-state index contributed by atoms with van der Waals surface area (Å²) in [4.78, 5) is 9.37. The van der Waals surface area contributed by atoms with Gasteiger partial charge in [-0.1, -0.05) is 18.6 Å². The van der Waals surface area contributed by atoms with E-state index in [0.29, 0.717) is 0 Å². The van der Waals surface area contributed by atoms with Crippen LogP contribution >= 0.6 is 0 Å². The Morgan fingerprint density at radius 2 is 1.86 bits per heavy atom. The highest BCUT2D eigenvalue weighted by molar-refractivity contribution is 5.66. The Kier molecular flexibility index (Phi) is 11.4. The second-order valence-electron chi connectivity index (χ2n) is 3.46. The molecular weight excluding hydrogens is 180 g/mol. The summed E-state index contributed by atoms with van der Waals surface area (Å²) in [7, 11) is 0. The zero-order valence-corrected chi connectivity index (χ0v) is 9.58. The van der Waals surface area contributed by atoms with E-state index < -0.39 is 5.97 Å². The fraction of sp³-hybridized carbons (Fsp3) is 0.727. The van der Waals surface area contributed by atoms with Gasteiger partial charge in [-0.15, -0.1) is 0 Å². The van der Waals surface area contributed by atoms with Gasteiger partial charge in [-0.25, -0.2) is 0 Å². The summed E-state index contributed by atoms with van der Waals surface area (Å²) in [6.45, 7) is 7.56. The fourth-order valence-electron chi connectivity index (χ4n) is 0.613. The number of hydrogen-bond acceptors (Lipinski definition) is 2. The Bertz CT molecular complexity index is 167. The highest BCUT2D eigenvalue weighted by Crippen LogP contribution is 1.99. The van der Waals surface area contributed by atoms with E-state index in [9.17, 15) is 4.79 Å². The van der Waals surface area contributed by atoms with Gasteiger partial charge in [-0.3, -0.25) is 4.79 Å². The predicted octanol–water partition coefficient (Wildman–Crippen LogP) is 2.59. The molecule has 0 bridgehead atoms. The molecule has 0 aromatic rings. The molecule has 0 aromatic heterocycles. The Labute approximate surface area is 86.5 Å². The lowest BCUT2D eigenvalue weighted by Gasteiger charge is -1.98. The molecule has 0 heterocycles. The Balaban J connectivity index is 0. The van der Waals surface area contributed by atoms with Crippen molar-refractivity contribution in [3.63, 3.8) is 0 Å². The first-order valence-corrected chi connectivity index (χ1v) is 4.93. The molecule has 0 aromatic carbocycles. The molecule has 0 rings (SSSR count). The summed E-state index contributed by atoms with van der Waals surface area (Å²) in [5, 5.41) is 16.6. The van der Waals surface area contributed by atoms with Crippen LogP contribution in [0.5, 0.6) is 0 Å². The minimum atomic E-state index is -0.745. The number of aliphatic hydroxyl groups is 1. The molecule has 3 heteroatoms. The molecule has 0 fully saturated rings. The number of carbonyl (C=O) groups is 1. The first-order valence-electron chi connectivity index (χ1n) is 4.93. The van der Waals surface area contributed by atoms with Crippen LogP contribution in [0, 0.1) is 0 Å². The zero-order chi connectivity index (χ0) is 11.6. The lowest BCUT2D eigenvalue weighted by Crippen LogP contribution is -1.96. The van der Waals surface area contributed by atoms with E-state index in [-0.39, 0.29) is 12.5 Å². The number of allylic oxidation sites excluding steroid dienone is 2. The van der Waals surface area contributed by atoms with Crippen LogP contribution in [0.3, 0.4) is 0 Å². The number of carboxylic acid groups (broad SMARTS) is 1. The van der Waals surface area contributed by atoms with Crippen LogP contribution in [0.15, 0.2) is 11.6 Å². The van der Waals surface area contributed by atoms with Gasteiger partial charge in [0.25, 0.3) is 0 Å². The van der Waals surface area contributed by atoms with Crippen LogP contribution in [0.4, 0.5) is 0 Å². The number of aliphatic hydroxyl groups excluding tert-OH is 1. The molecule has 0 saturated carbocycles.